The predicted octanol–water partition coefficient (Wildman–Crippen LogP) is 2.07. The Bertz CT molecular complexity index is 396. The number of thiophene rings is 1. The molecule has 0 aliphatic carbocycles. The SMILES string of the molecule is CCOC(=O)c1cc(C)c(N2CCOCC2)s1. The van der Waals surface area contributed by atoms with Crippen molar-refractivity contribution in [3.8, 4) is 0 Å². The van der Waals surface area contributed by atoms with Crippen molar-refractivity contribution in [2.75, 3.05) is 37.8 Å². The first-order valence-corrected chi connectivity index (χ1v) is 6.64. The molecule has 17 heavy (non-hydrogen) atoms. The van der Waals surface area contributed by atoms with Crippen molar-refractivity contribution in [1.82, 2.24) is 0 Å². The Kier molecular flexibility index (Phi) is 4.02. The third-order valence-corrected chi connectivity index (χ3v) is 3.94. The van der Waals surface area contributed by atoms with Gasteiger partial charge >= 0.3 is 5.97 Å². The van der Waals surface area contributed by atoms with E-state index in [1.165, 1.54) is 11.3 Å². The first kappa shape index (κ1) is 12.4. The maximum Gasteiger partial charge on any atom is 0.348 e. The number of hydrogen-bond donors (Lipinski definition) is 0. The van der Waals surface area contributed by atoms with Gasteiger partial charge in [-0.25, -0.2) is 4.79 Å². The minimum Gasteiger partial charge on any atom is -0.462 e. The molecule has 94 valence electrons. The largest absolute Gasteiger partial charge is 0.462 e. The molecule has 0 spiro atoms. The lowest BCUT2D eigenvalue weighted by Crippen LogP contribution is -2.35. The Morgan fingerprint density at radius 1 is 1.53 bits per heavy atom. The third kappa shape index (κ3) is 2.79. The van der Waals surface area contributed by atoms with Crippen LogP contribution in [0.3, 0.4) is 0 Å². The molecule has 1 fully saturated rings. The number of anilines is 1. The molecule has 0 atom stereocenters. The number of hydrogen-bond acceptors (Lipinski definition) is 5. The lowest BCUT2D eigenvalue weighted by Gasteiger charge is -2.28. The molecule has 1 aliphatic rings. The molecular weight excluding hydrogens is 238 g/mol. The minimum atomic E-state index is -0.222. The topological polar surface area (TPSA) is 38.8 Å². The van der Waals surface area contributed by atoms with Crippen molar-refractivity contribution in [2.24, 2.45) is 0 Å². The number of carbonyl (C=O) groups is 1. The molecular formula is C12H17NO3S. The lowest BCUT2D eigenvalue weighted by atomic mass is 10.3. The quantitative estimate of drug-likeness (QED) is 0.775. The summed E-state index contributed by atoms with van der Waals surface area (Å²) in [6, 6.07) is 1.91. The van der Waals surface area contributed by atoms with Gasteiger partial charge in [0.05, 0.1) is 24.8 Å². The monoisotopic (exact) mass is 255 g/mol. The maximum atomic E-state index is 11.6. The molecule has 4 nitrogen and oxygen atoms in total. The van der Waals surface area contributed by atoms with Crippen LogP contribution < -0.4 is 4.90 Å². The highest BCUT2D eigenvalue weighted by Crippen LogP contribution is 2.31. The van der Waals surface area contributed by atoms with Crippen LogP contribution in [0.1, 0.15) is 22.2 Å². The molecule has 0 radical (unpaired) electrons. The Morgan fingerprint density at radius 3 is 2.88 bits per heavy atom. The lowest BCUT2D eigenvalue weighted by molar-refractivity contribution is 0.0532. The molecule has 2 heterocycles. The standard InChI is InChI=1S/C12H17NO3S/c1-3-16-12(14)10-8-9(2)11(17-10)13-4-6-15-7-5-13/h8H,3-7H2,1-2H3. The summed E-state index contributed by atoms with van der Waals surface area (Å²) in [4.78, 5) is 14.6. The predicted molar refractivity (Wildman–Crippen MR) is 68.0 cm³/mol. The molecule has 5 heteroatoms. The second-order valence-electron chi connectivity index (χ2n) is 3.92. The first-order valence-electron chi connectivity index (χ1n) is 5.82. The summed E-state index contributed by atoms with van der Waals surface area (Å²) < 4.78 is 10.3. The van der Waals surface area contributed by atoms with Crippen LogP contribution >= 0.6 is 11.3 Å². The molecule has 0 bridgehead atoms. The average Bonchev–Trinajstić information content (AvgIpc) is 2.73. The second-order valence-corrected chi connectivity index (χ2v) is 4.95. The highest BCUT2D eigenvalue weighted by Gasteiger charge is 2.19. The van der Waals surface area contributed by atoms with Crippen LogP contribution in [0.5, 0.6) is 0 Å². The summed E-state index contributed by atoms with van der Waals surface area (Å²) in [6.07, 6.45) is 0. The van der Waals surface area contributed by atoms with Gasteiger partial charge in [-0.15, -0.1) is 11.3 Å². The second kappa shape index (κ2) is 5.51. The molecule has 0 saturated carbocycles. The van der Waals surface area contributed by atoms with Gasteiger partial charge in [-0.1, -0.05) is 0 Å². The smallest absolute Gasteiger partial charge is 0.348 e. The van der Waals surface area contributed by atoms with Gasteiger partial charge in [0.15, 0.2) is 0 Å². The molecule has 0 unspecified atom stereocenters. The van der Waals surface area contributed by atoms with Gasteiger partial charge in [0.2, 0.25) is 0 Å². The number of esters is 1. The number of ether oxygens (including phenoxy) is 2. The van der Waals surface area contributed by atoms with E-state index in [4.69, 9.17) is 9.47 Å². The van der Waals surface area contributed by atoms with E-state index >= 15 is 0 Å². The number of rotatable bonds is 3. The summed E-state index contributed by atoms with van der Waals surface area (Å²) >= 11 is 1.51. The Labute approximate surface area is 105 Å². The van der Waals surface area contributed by atoms with Crippen molar-refractivity contribution < 1.29 is 14.3 Å². The Balaban J connectivity index is 2.15. The highest BCUT2D eigenvalue weighted by atomic mass is 32.1. The van der Waals surface area contributed by atoms with Crippen LogP contribution in [-0.2, 0) is 9.47 Å². The van der Waals surface area contributed by atoms with Crippen molar-refractivity contribution in [1.29, 1.82) is 0 Å². The Hall–Kier alpha value is -1.07. The van der Waals surface area contributed by atoms with Crippen LogP contribution in [-0.4, -0.2) is 38.9 Å². The van der Waals surface area contributed by atoms with E-state index in [1.807, 2.05) is 19.9 Å². The zero-order chi connectivity index (χ0) is 12.3. The zero-order valence-corrected chi connectivity index (χ0v) is 11.0. The van der Waals surface area contributed by atoms with E-state index in [2.05, 4.69) is 4.90 Å². The van der Waals surface area contributed by atoms with Crippen LogP contribution in [0.4, 0.5) is 5.00 Å². The fourth-order valence-electron chi connectivity index (χ4n) is 1.86. The molecule has 2 rings (SSSR count). The third-order valence-electron chi connectivity index (χ3n) is 2.67. The van der Waals surface area contributed by atoms with Gasteiger partial charge in [-0.05, 0) is 25.5 Å². The van der Waals surface area contributed by atoms with Crippen molar-refractivity contribution >= 4 is 22.3 Å². The van der Waals surface area contributed by atoms with Gasteiger partial charge in [-0.3, -0.25) is 0 Å². The van der Waals surface area contributed by atoms with E-state index < -0.39 is 0 Å². The normalized spacial score (nSPS) is 16.0. The Morgan fingerprint density at radius 2 is 2.24 bits per heavy atom. The van der Waals surface area contributed by atoms with Gasteiger partial charge in [0.1, 0.15) is 4.88 Å². The summed E-state index contributed by atoms with van der Waals surface area (Å²) in [6.45, 7) is 7.57. The molecule has 0 aromatic carbocycles. The maximum absolute atomic E-state index is 11.6. The average molecular weight is 255 g/mol. The summed E-state index contributed by atoms with van der Waals surface area (Å²) in [5.74, 6) is -0.222. The fraction of sp³-hybridized carbons (Fsp3) is 0.583. The van der Waals surface area contributed by atoms with Crippen LogP contribution in [0.25, 0.3) is 0 Å². The minimum absolute atomic E-state index is 0.222. The van der Waals surface area contributed by atoms with Gasteiger partial charge < -0.3 is 14.4 Å². The van der Waals surface area contributed by atoms with Crippen LogP contribution in [0.2, 0.25) is 0 Å². The highest BCUT2D eigenvalue weighted by molar-refractivity contribution is 7.18. The molecule has 1 aromatic rings. The summed E-state index contributed by atoms with van der Waals surface area (Å²) in [7, 11) is 0. The van der Waals surface area contributed by atoms with Gasteiger partial charge in [0.25, 0.3) is 0 Å². The fourth-order valence-corrected chi connectivity index (χ4v) is 2.97. The van der Waals surface area contributed by atoms with Crippen molar-refractivity contribution in [3.63, 3.8) is 0 Å². The van der Waals surface area contributed by atoms with E-state index in [-0.39, 0.29) is 5.97 Å². The summed E-state index contributed by atoms with van der Waals surface area (Å²) in [5.41, 5.74) is 1.14. The molecule has 1 saturated heterocycles. The number of carbonyl (C=O) groups excluding carboxylic acids is 1. The molecule has 1 aromatic heterocycles. The number of aryl methyl sites for hydroxylation is 1. The molecule has 1 aliphatic heterocycles. The van der Waals surface area contributed by atoms with Gasteiger partial charge in [0, 0.05) is 13.1 Å². The van der Waals surface area contributed by atoms with E-state index in [0.29, 0.717) is 11.5 Å². The zero-order valence-electron chi connectivity index (χ0n) is 10.2. The summed E-state index contributed by atoms with van der Waals surface area (Å²) in [5, 5.41) is 1.16. The van der Waals surface area contributed by atoms with Crippen LogP contribution in [0.15, 0.2) is 6.07 Å². The van der Waals surface area contributed by atoms with E-state index in [9.17, 15) is 4.79 Å². The number of morpholine rings is 1. The molecule has 0 amide bonds. The van der Waals surface area contributed by atoms with Crippen molar-refractivity contribution in [3.05, 3.63) is 16.5 Å². The van der Waals surface area contributed by atoms with Crippen LogP contribution in [0, 0.1) is 6.92 Å². The van der Waals surface area contributed by atoms with E-state index in [0.717, 1.165) is 36.9 Å². The van der Waals surface area contributed by atoms with Gasteiger partial charge in [-0.2, -0.15) is 0 Å². The van der Waals surface area contributed by atoms with Crippen molar-refractivity contribution in [2.45, 2.75) is 13.8 Å². The first-order chi connectivity index (χ1) is 8.22. The number of nitrogens with zero attached hydrogens (tertiary/aromatic N) is 1. The van der Waals surface area contributed by atoms with E-state index in [1.54, 1.807) is 0 Å². The molecule has 0 N–H and O–H groups in total.